The first-order chi connectivity index (χ1) is 12.0. The van der Waals surface area contributed by atoms with Gasteiger partial charge in [0.05, 0.1) is 0 Å². The Labute approximate surface area is 148 Å². The molecule has 25 heavy (non-hydrogen) atoms. The predicted molar refractivity (Wildman–Crippen MR) is 98.4 cm³/mol. The first-order valence-electron chi connectivity index (χ1n) is 8.54. The lowest BCUT2D eigenvalue weighted by Gasteiger charge is -2.13. The van der Waals surface area contributed by atoms with E-state index in [9.17, 15) is 9.59 Å². The molecule has 3 N–H and O–H groups in total. The fourth-order valence-corrected chi connectivity index (χ4v) is 2.29. The van der Waals surface area contributed by atoms with Gasteiger partial charge < -0.3 is 20.9 Å². The third kappa shape index (κ3) is 6.10. The Morgan fingerprint density at radius 2 is 1.72 bits per heavy atom. The fraction of sp³-hybridized carbons (Fsp3) is 0.500. The number of guanidine groups is 1. The summed E-state index contributed by atoms with van der Waals surface area (Å²) >= 11 is 0. The first kappa shape index (κ1) is 18.8. The van der Waals surface area contributed by atoms with E-state index >= 15 is 0 Å². The van der Waals surface area contributed by atoms with E-state index in [4.69, 9.17) is 0 Å². The van der Waals surface area contributed by atoms with Crippen LogP contribution in [0.4, 0.5) is 0 Å². The molecule has 0 spiro atoms. The maximum atomic E-state index is 11.9. The number of carbonyl (C=O) groups excluding carboxylic acids is 2. The second kappa shape index (κ2) is 9.05. The van der Waals surface area contributed by atoms with E-state index in [0.29, 0.717) is 31.2 Å². The predicted octanol–water partition coefficient (Wildman–Crippen LogP) is 0.580. The van der Waals surface area contributed by atoms with Crippen LogP contribution in [0.1, 0.15) is 28.8 Å². The van der Waals surface area contributed by atoms with Crippen LogP contribution in [0.25, 0.3) is 0 Å². The molecule has 0 radical (unpaired) electrons. The monoisotopic (exact) mass is 345 g/mol. The van der Waals surface area contributed by atoms with Crippen LogP contribution in [0.15, 0.2) is 29.3 Å². The highest BCUT2D eigenvalue weighted by molar-refractivity contribution is 5.93. The van der Waals surface area contributed by atoms with Gasteiger partial charge in [-0.25, -0.2) is 0 Å². The number of benzene rings is 1. The molecule has 0 saturated heterocycles. The molecule has 1 saturated carbocycles. The molecule has 7 nitrogen and oxygen atoms in total. The fourth-order valence-electron chi connectivity index (χ4n) is 2.29. The smallest absolute Gasteiger partial charge is 0.253 e. The molecule has 0 aromatic heterocycles. The Kier molecular flexibility index (Phi) is 6.80. The van der Waals surface area contributed by atoms with Gasteiger partial charge in [-0.3, -0.25) is 14.6 Å². The Morgan fingerprint density at radius 3 is 2.28 bits per heavy atom. The van der Waals surface area contributed by atoms with Crippen molar-refractivity contribution in [1.82, 2.24) is 20.9 Å². The van der Waals surface area contributed by atoms with Gasteiger partial charge >= 0.3 is 0 Å². The Morgan fingerprint density at radius 1 is 1.08 bits per heavy atom. The van der Waals surface area contributed by atoms with E-state index in [1.54, 1.807) is 26.0 Å². The topological polar surface area (TPSA) is 85.8 Å². The van der Waals surface area contributed by atoms with Crippen molar-refractivity contribution in [2.75, 3.05) is 34.2 Å². The Balaban J connectivity index is 1.70. The van der Waals surface area contributed by atoms with Crippen molar-refractivity contribution in [3.05, 3.63) is 35.4 Å². The van der Waals surface area contributed by atoms with Crippen molar-refractivity contribution in [2.45, 2.75) is 19.4 Å². The zero-order valence-corrected chi connectivity index (χ0v) is 15.1. The summed E-state index contributed by atoms with van der Waals surface area (Å²) in [7, 11) is 5.18. The molecular formula is C18H27N5O2. The molecule has 2 rings (SSSR count). The van der Waals surface area contributed by atoms with Crippen LogP contribution in [-0.4, -0.2) is 56.9 Å². The lowest BCUT2D eigenvalue weighted by atomic mass is 10.1. The summed E-state index contributed by atoms with van der Waals surface area (Å²) in [5, 5.41) is 9.28. The normalized spacial score (nSPS) is 14.0. The largest absolute Gasteiger partial charge is 0.355 e. The van der Waals surface area contributed by atoms with Crippen molar-refractivity contribution in [3.63, 3.8) is 0 Å². The Bertz CT molecular complexity index is 621. The summed E-state index contributed by atoms with van der Waals surface area (Å²) in [4.78, 5) is 29.1. The van der Waals surface area contributed by atoms with Gasteiger partial charge in [-0.05, 0) is 30.5 Å². The third-order valence-electron chi connectivity index (χ3n) is 3.96. The van der Waals surface area contributed by atoms with Crippen molar-refractivity contribution >= 4 is 17.8 Å². The van der Waals surface area contributed by atoms with Gasteiger partial charge in [0.1, 0.15) is 0 Å². The molecule has 7 heteroatoms. The van der Waals surface area contributed by atoms with Crippen LogP contribution in [0.2, 0.25) is 0 Å². The highest BCUT2D eigenvalue weighted by Crippen LogP contribution is 2.28. The molecular weight excluding hydrogens is 318 g/mol. The molecule has 0 atom stereocenters. The van der Waals surface area contributed by atoms with E-state index in [2.05, 4.69) is 20.9 Å². The molecule has 0 aliphatic heterocycles. The minimum atomic E-state index is -0.00905. The molecule has 1 aliphatic rings. The molecule has 0 unspecified atom stereocenters. The van der Waals surface area contributed by atoms with Gasteiger partial charge in [-0.15, -0.1) is 0 Å². The molecule has 1 aromatic carbocycles. The number of aliphatic imine (C=N–C) groups is 1. The van der Waals surface area contributed by atoms with Gasteiger partial charge in [-0.1, -0.05) is 12.1 Å². The lowest BCUT2D eigenvalue weighted by Crippen LogP contribution is -2.41. The van der Waals surface area contributed by atoms with Gasteiger partial charge in [0.15, 0.2) is 5.96 Å². The average molecular weight is 345 g/mol. The maximum absolute atomic E-state index is 11.9. The number of hydrogen-bond donors (Lipinski definition) is 3. The number of hydrogen-bond acceptors (Lipinski definition) is 3. The molecule has 136 valence electrons. The standard InChI is InChI=1S/C18H27N5O2/c1-19-18(21-11-10-20-16(24)14-8-9-14)22-12-13-4-6-15(7-5-13)17(25)23(2)3/h4-7,14H,8-12H2,1-3H3,(H,20,24)(H2,19,21,22). The van der Waals surface area contributed by atoms with Crippen LogP contribution in [-0.2, 0) is 11.3 Å². The molecule has 2 amide bonds. The first-order valence-corrected chi connectivity index (χ1v) is 8.54. The average Bonchev–Trinajstić information content (AvgIpc) is 3.46. The van der Waals surface area contributed by atoms with Crippen LogP contribution in [0.5, 0.6) is 0 Å². The number of carbonyl (C=O) groups is 2. The Hall–Kier alpha value is -2.57. The van der Waals surface area contributed by atoms with Crippen LogP contribution >= 0.6 is 0 Å². The van der Waals surface area contributed by atoms with E-state index < -0.39 is 0 Å². The second-order valence-electron chi connectivity index (χ2n) is 6.31. The van der Waals surface area contributed by atoms with E-state index in [-0.39, 0.29) is 17.7 Å². The highest BCUT2D eigenvalue weighted by atomic mass is 16.2. The summed E-state index contributed by atoms with van der Waals surface area (Å²) in [6.45, 7) is 1.80. The molecule has 1 fully saturated rings. The molecule has 1 aliphatic carbocycles. The van der Waals surface area contributed by atoms with Gasteiger partial charge in [0.25, 0.3) is 5.91 Å². The summed E-state index contributed by atoms with van der Waals surface area (Å²) in [5.41, 5.74) is 1.72. The highest BCUT2D eigenvalue weighted by Gasteiger charge is 2.28. The van der Waals surface area contributed by atoms with Crippen LogP contribution < -0.4 is 16.0 Å². The number of nitrogens with one attached hydrogen (secondary N) is 3. The number of nitrogens with zero attached hydrogens (tertiary/aromatic N) is 2. The zero-order valence-electron chi connectivity index (χ0n) is 15.1. The van der Waals surface area contributed by atoms with Crippen LogP contribution in [0.3, 0.4) is 0 Å². The second-order valence-corrected chi connectivity index (χ2v) is 6.31. The van der Waals surface area contributed by atoms with Crippen LogP contribution in [0, 0.1) is 5.92 Å². The summed E-state index contributed by atoms with van der Waals surface area (Å²) < 4.78 is 0. The summed E-state index contributed by atoms with van der Waals surface area (Å²) in [5.74, 6) is 1.05. The molecule has 0 bridgehead atoms. The van der Waals surface area contributed by atoms with Crippen molar-refractivity contribution in [3.8, 4) is 0 Å². The quantitative estimate of drug-likeness (QED) is 0.383. The van der Waals surface area contributed by atoms with E-state index in [1.807, 2.05) is 24.3 Å². The maximum Gasteiger partial charge on any atom is 0.253 e. The van der Waals surface area contributed by atoms with Crippen molar-refractivity contribution in [2.24, 2.45) is 10.9 Å². The van der Waals surface area contributed by atoms with E-state index in [1.165, 1.54) is 0 Å². The third-order valence-corrected chi connectivity index (χ3v) is 3.96. The molecule has 0 heterocycles. The lowest BCUT2D eigenvalue weighted by molar-refractivity contribution is -0.122. The van der Waals surface area contributed by atoms with Crippen molar-refractivity contribution in [1.29, 1.82) is 0 Å². The minimum absolute atomic E-state index is 0.00905. The minimum Gasteiger partial charge on any atom is -0.355 e. The summed E-state index contributed by atoms with van der Waals surface area (Å²) in [6, 6.07) is 7.49. The molecule has 1 aromatic rings. The zero-order chi connectivity index (χ0) is 18.2. The van der Waals surface area contributed by atoms with Crippen molar-refractivity contribution < 1.29 is 9.59 Å². The van der Waals surface area contributed by atoms with E-state index in [0.717, 1.165) is 18.4 Å². The SMILES string of the molecule is CN=C(NCCNC(=O)C1CC1)NCc1ccc(C(=O)N(C)C)cc1. The number of amides is 2. The summed E-state index contributed by atoms with van der Waals surface area (Å²) in [6.07, 6.45) is 2.03. The number of rotatable bonds is 7. The van der Waals surface area contributed by atoms with Gasteiger partial charge in [0, 0.05) is 52.3 Å². The van der Waals surface area contributed by atoms with Gasteiger partial charge in [-0.2, -0.15) is 0 Å². The van der Waals surface area contributed by atoms with Gasteiger partial charge in [0.2, 0.25) is 5.91 Å².